The summed E-state index contributed by atoms with van der Waals surface area (Å²) in [5, 5.41) is 18.4. The molecule has 144 valence electrons. The Morgan fingerprint density at radius 2 is 1.96 bits per heavy atom. The van der Waals surface area contributed by atoms with Crippen LogP contribution >= 0.6 is 12.4 Å². The van der Waals surface area contributed by atoms with Crippen molar-refractivity contribution in [3.05, 3.63) is 18.2 Å². The minimum absolute atomic E-state index is 0. The van der Waals surface area contributed by atoms with Gasteiger partial charge in [-0.25, -0.2) is 0 Å². The fourth-order valence-electron chi connectivity index (χ4n) is 3.75. The Hall–Kier alpha value is -1.50. The maximum atomic E-state index is 10.2. The monoisotopic (exact) mass is 382 g/mol. The van der Waals surface area contributed by atoms with Crippen molar-refractivity contribution < 1.29 is 19.1 Å². The number of aliphatic hydroxyl groups is 1. The minimum Gasteiger partial charge on any atom is -0.487 e. The number of hydrogen-bond acceptors (Lipinski definition) is 6. The zero-order valence-electron chi connectivity index (χ0n) is 14.9. The first kappa shape index (κ1) is 19.3. The molecule has 2 fully saturated rings. The number of piperidine rings is 1. The summed E-state index contributed by atoms with van der Waals surface area (Å²) in [4.78, 5) is 0. The minimum atomic E-state index is -0.414. The van der Waals surface area contributed by atoms with E-state index in [4.69, 9.17) is 14.0 Å². The van der Waals surface area contributed by atoms with Crippen molar-refractivity contribution in [2.24, 2.45) is 5.92 Å². The van der Waals surface area contributed by atoms with E-state index in [9.17, 15) is 5.11 Å². The summed E-state index contributed by atoms with van der Waals surface area (Å²) >= 11 is 0. The Kier molecular flexibility index (Phi) is 6.62. The lowest BCUT2D eigenvalue weighted by molar-refractivity contribution is 0.00760. The molecule has 2 heterocycles. The predicted octanol–water partition coefficient (Wildman–Crippen LogP) is 3.31. The Morgan fingerprint density at radius 1 is 1.15 bits per heavy atom. The molecule has 0 amide bonds. The molecule has 1 saturated heterocycles. The largest absolute Gasteiger partial charge is 0.487 e. The molecule has 1 aliphatic carbocycles. The van der Waals surface area contributed by atoms with E-state index in [0.717, 1.165) is 57.0 Å². The average Bonchev–Trinajstić information content (AvgIpc) is 3.07. The number of nitrogens with one attached hydrogen (secondary N) is 1. The van der Waals surface area contributed by atoms with Crippen LogP contribution in [0.4, 0.5) is 0 Å². The van der Waals surface area contributed by atoms with Crippen molar-refractivity contribution in [1.29, 1.82) is 0 Å². The first-order valence-corrected chi connectivity index (χ1v) is 9.38. The molecule has 0 bridgehead atoms. The molecule has 2 aliphatic rings. The first-order valence-electron chi connectivity index (χ1n) is 9.38. The van der Waals surface area contributed by atoms with Crippen molar-refractivity contribution in [3.63, 3.8) is 0 Å². The fraction of sp³-hybridized carbons (Fsp3) is 0.632. The molecule has 0 radical (unpaired) electrons. The SMILES string of the molecule is Cl.O[C@H]1CCCC[C@H]1Oc1cccc2onc(OCC3CCNCC3)c12. The summed E-state index contributed by atoms with van der Waals surface area (Å²) in [7, 11) is 0. The van der Waals surface area contributed by atoms with Crippen LogP contribution in [0.1, 0.15) is 38.5 Å². The van der Waals surface area contributed by atoms with Crippen LogP contribution in [0.25, 0.3) is 11.0 Å². The van der Waals surface area contributed by atoms with Gasteiger partial charge < -0.3 is 24.4 Å². The third kappa shape index (κ3) is 4.24. The smallest absolute Gasteiger partial charge is 0.265 e. The summed E-state index contributed by atoms with van der Waals surface area (Å²) in [6, 6.07) is 5.65. The van der Waals surface area contributed by atoms with Gasteiger partial charge in [0.1, 0.15) is 17.2 Å². The van der Waals surface area contributed by atoms with Gasteiger partial charge in [-0.2, -0.15) is 0 Å². The van der Waals surface area contributed by atoms with Crippen molar-refractivity contribution in [1.82, 2.24) is 10.5 Å². The highest BCUT2D eigenvalue weighted by atomic mass is 35.5. The number of aliphatic hydroxyl groups excluding tert-OH is 1. The van der Waals surface area contributed by atoms with Crippen LogP contribution in [-0.4, -0.2) is 42.2 Å². The third-order valence-electron chi connectivity index (χ3n) is 5.29. The van der Waals surface area contributed by atoms with Crippen LogP contribution in [0.5, 0.6) is 11.6 Å². The molecule has 0 unspecified atom stereocenters. The van der Waals surface area contributed by atoms with Gasteiger partial charge in [-0.1, -0.05) is 12.5 Å². The number of aromatic nitrogens is 1. The van der Waals surface area contributed by atoms with Gasteiger partial charge in [-0.3, -0.25) is 0 Å². The second-order valence-corrected chi connectivity index (χ2v) is 7.13. The molecular formula is C19H27ClN2O4. The number of ether oxygens (including phenoxy) is 2. The standard InChI is InChI=1S/C19H26N2O4.ClH/c22-14-4-1-2-5-15(14)24-16-6-3-7-17-18(16)19(21-25-17)23-12-13-8-10-20-11-9-13;/h3,6-7,13-15,20,22H,1-2,4-5,8-12H2;1H/t14-,15+;/m0./s1. The molecule has 2 N–H and O–H groups in total. The van der Waals surface area contributed by atoms with Crippen LogP contribution in [-0.2, 0) is 0 Å². The highest BCUT2D eigenvalue weighted by molar-refractivity contribution is 5.88. The molecule has 26 heavy (non-hydrogen) atoms. The first-order chi connectivity index (χ1) is 12.3. The van der Waals surface area contributed by atoms with Crippen molar-refractivity contribution >= 4 is 23.4 Å². The Balaban J connectivity index is 0.00000196. The van der Waals surface area contributed by atoms with Gasteiger partial charge in [0.2, 0.25) is 0 Å². The normalized spacial score (nSPS) is 24.2. The van der Waals surface area contributed by atoms with Crippen LogP contribution in [0, 0.1) is 5.92 Å². The van der Waals surface area contributed by atoms with E-state index < -0.39 is 6.10 Å². The van der Waals surface area contributed by atoms with Crippen LogP contribution in [0.15, 0.2) is 22.7 Å². The van der Waals surface area contributed by atoms with E-state index in [2.05, 4.69) is 10.5 Å². The van der Waals surface area contributed by atoms with Crippen molar-refractivity contribution in [2.75, 3.05) is 19.7 Å². The lowest BCUT2D eigenvalue weighted by Crippen LogP contribution is -2.34. The molecule has 0 spiro atoms. The number of hydrogen-bond donors (Lipinski definition) is 2. The van der Waals surface area contributed by atoms with Crippen molar-refractivity contribution in [2.45, 2.75) is 50.7 Å². The summed E-state index contributed by atoms with van der Waals surface area (Å²) in [6.07, 6.45) is 5.45. The molecule has 1 saturated carbocycles. The summed E-state index contributed by atoms with van der Waals surface area (Å²) in [5.41, 5.74) is 0.656. The second-order valence-electron chi connectivity index (χ2n) is 7.13. The number of rotatable bonds is 5. The summed E-state index contributed by atoms with van der Waals surface area (Å²) < 4.78 is 17.5. The van der Waals surface area contributed by atoms with Crippen LogP contribution in [0.2, 0.25) is 0 Å². The fourth-order valence-corrected chi connectivity index (χ4v) is 3.75. The van der Waals surface area contributed by atoms with E-state index in [0.29, 0.717) is 29.7 Å². The van der Waals surface area contributed by atoms with Gasteiger partial charge in [-0.05, 0) is 68.4 Å². The Morgan fingerprint density at radius 3 is 2.77 bits per heavy atom. The van der Waals surface area contributed by atoms with Gasteiger partial charge in [0, 0.05) is 0 Å². The molecule has 6 nitrogen and oxygen atoms in total. The van der Waals surface area contributed by atoms with Crippen LogP contribution < -0.4 is 14.8 Å². The summed E-state index contributed by atoms with van der Waals surface area (Å²) in [6.45, 7) is 2.73. The molecular weight excluding hydrogens is 356 g/mol. The number of nitrogens with zero attached hydrogens (tertiary/aromatic N) is 1. The molecule has 1 aromatic heterocycles. The van der Waals surface area contributed by atoms with E-state index >= 15 is 0 Å². The van der Waals surface area contributed by atoms with E-state index in [1.165, 1.54) is 0 Å². The lowest BCUT2D eigenvalue weighted by atomic mass is 9.95. The Labute approximate surface area is 159 Å². The Bertz CT molecular complexity index is 702. The van der Waals surface area contributed by atoms with Gasteiger partial charge in [0.15, 0.2) is 5.58 Å². The average molecular weight is 383 g/mol. The lowest BCUT2D eigenvalue weighted by Gasteiger charge is -2.28. The molecule has 4 rings (SSSR count). The highest BCUT2D eigenvalue weighted by Crippen LogP contribution is 2.36. The van der Waals surface area contributed by atoms with E-state index in [1.807, 2.05) is 18.2 Å². The van der Waals surface area contributed by atoms with Crippen molar-refractivity contribution in [3.8, 4) is 11.6 Å². The number of benzene rings is 1. The molecule has 1 aromatic carbocycles. The molecule has 7 heteroatoms. The van der Waals surface area contributed by atoms with Gasteiger partial charge in [0.25, 0.3) is 5.88 Å². The zero-order chi connectivity index (χ0) is 17.1. The summed E-state index contributed by atoms with van der Waals surface area (Å²) in [5.74, 6) is 1.72. The molecule has 1 aliphatic heterocycles. The van der Waals surface area contributed by atoms with Gasteiger partial charge in [-0.15, -0.1) is 12.4 Å². The van der Waals surface area contributed by atoms with E-state index in [1.54, 1.807) is 0 Å². The quantitative estimate of drug-likeness (QED) is 0.826. The molecule has 2 atom stereocenters. The van der Waals surface area contributed by atoms with E-state index in [-0.39, 0.29) is 18.5 Å². The highest BCUT2D eigenvalue weighted by Gasteiger charge is 2.26. The topological polar surface area (TPSA) is 76.8 Å². The maximum Gasteiger partial charge on any atom is 0.265 e. The molecule has 2 aromatic rings. The maximum absolute atomic E-state index is 10.2. The van der Waals surface area contributed by atoms with Gasteiger partial charge >= 0.3 is 0 Å². The van der Waals surface area contributed by atoms with Gasteiger partial charge in [0.05, 0.1) is 12.7 Å². The third-order valence-corrected chi connectivity index (χ3v) is 5.29. The van der Waals surface area contributed by atoms with Crippen LogP contribution in [0.3, 0.4) is 0 Å². The predicted molar refractivity (Wildman–Crippen MR) is 101 cm³/mol. The number of halogens is 1. The second kappa shape index (κ2) is 8.93. The number of fused-ring (bicyclic) bond motifs is 1. The zero-order valence-corrected chi connectivity index (χ0v) is 15.7.